The Labute approximate surface area is 376 Å². The van der Waals surface area contributed by atoms with Gasteiger partial charge >= 0.3 is 6.18 Å². The molecule has 2 N–H and O–H groups in total. The number of H-pyrrole nitrogens is 1. The van der Waals surface area contributed by atoms with E-state index in [2.05, 4.69) is 50.7 Å². The third-order valence-electron chi connectivity index (χ3n) is 12.6. The number of amides is 1. The number of aromatic amines is 1. The Bertz CT molecular complexity index is 2620. The number of nitrogens with zero attached hydrogens (tertiary/aromatic N) is 4. The van der Waals surface area contributed by atoms with Gasteiger partial charge in [0.15, 0.2) is 0 Å². The van der Waals surface area contributed by atoms with Crippen LogP contribution in [0.2, 0.25) is 5.02 Å². The minimum atomic E-state index is -4.99. The minimum absolute atomic E-state index is 0.00271. The summed E-state index contributed by atoms with van der Waals surface area (Å²) in [5, 5.41) is 1.45. The molecule has 1 aliphatic heterocycles. The smallest absolute Gasteiger partial charge is 0.421 e. The fourth-order valence-electron chi connectivity index (χ4n) is 8.85. The number of anilines is 1. The first-order chi connectivity index (χ1) is 30.5. The van der Waals surface area contributed by atoms with E-state index in [1.54, 1.807) is 37.6 Å². The summed E-state index contributed by atoms with van der Waals surface area (Å²) in [5.41, 5.74) is 4.07. The van der Waals surface area contributed by atoms with Gasteiger partial charge in [0.1, 0.15) is 27.6 Å². The van der Waals surface area contributed by atoms with Gasteiger partial charge in [0.2, 0.25) is 5.88 Å². The van der Waals surface area contributed by atoms with E-state index in [1.165, 1.54) is 29.0 Å². The van der Waals surface area contributed by atoms with Crippen LogP contribution in [0.15, 0.2) is 89.7 Å². The number of hydrogen-bond acceptors (Lipinski definition) is 10. The molecule has 340 valence electrons. The highest BCUT2D eigenvalue weighted by molar-refractivity contribution is 7.90. The van der Waals surface area contributed by atoms with E-state index in [0.29, 0.717) is 42.7 Å². The fourth-order valence-corrected chi connectivity index (χ4v) is 9.91. The Morgan fingerprint density at radius 2 is 1.72 bits per heavy atom. The van der Waals surface area contributed by atoms with E-state index in [0.717, 1.165) is 69.0 Å². The highest BCUT2D eigenvalue weighted by Crippen LogP contribution is 2.44. The predicted octanol–water partition coefficient (Wildman–Crippen LogP) is 9.91. The maximum Gasteiger partial charge on any atom is 0.421 e. The van der Waals surface area contributed by atoms with Crippen LogP contribution in [0.5, 0.6) is 17.4 Å². The molecule has 5 aromatic rings. The zero-order valence-electron chi connectivity index (χ0n) is 36.0. The number of carbonyl (C=O) groups is 1. The Kier molecular flexibility index (Phi) is 13.3. The second kappa shape index (κ2) is 18.7. The molecule has 0 unspecified atom stereocenters. The van der Waals surface area contributed by atoms with E-state index in [4.69, 9.17) is 25.8 Å². The van der Waals surface area contributed by atoms with E-state index in [1.807, 2.05) is 16.9 Å². The number of alkyl halides is 3. The molecule has 0 bridgehead atoms. The highest BCUT2D eigenvalue weighted by atomic mass is 35.5. The molecule has 2 fully saturated rings. The van der Waals surface area contributed by atoms with Crippen molar-refractivity contribution >= 4 is 49.8 Å². The number of ether oxygens (including phenoxy) is 3. The average Bonchev–Trinajstić information content (AvgIpc) is 3.74. The van der Waals surface area contributed by atoms with Crippen LogP contribution >= 0.6 is 11.6 Å². The van der Waals surface area contributed by atoms with Gasteiger partial charge < -0.3 is 24.1 Å². The molecule has 17 heteroatoms. The quantitative estimate of drug-likeness (QED) is 0.117. The Hall–Kier alpha value is -5.16. The lowest BCUT2D eigenvalue weighted by Crippen LogP contribution is -2.47. The van der Waals surface area contributed by atoms with E-state index in [9.17, 15) is 26.4 Å². The molecule has 64 heavy (non-hydrogen) atoms. The van der Waals surface area contributed by atoms with Gasteiger partial charge in [0, 0.05) is 68.2 Å². The third kappa shape index (κ3) is 10.7. The number of rotatable bonds is 13. The molecular formula is C47H52ClF3N6O6S. The van der Waals surface area contributed by atoms with E-state index < -0.39 is 38.4 Å². The van der Waals surface area contributed by atoms with Gasteiger partial charge in [-0.05, 0) is 110 Å². The predicted molar refractivity (Wildman–Crippen MR) is 239 cm³/mol. The van der Waals surface area contributed by atoms with Crippen LogP contribution in [0.1, 0.15) is 80.3 Å². The van der Waals surface area contributed by atoms with Crippen LogP contribution < -0.4 is 19.1 Å². The molecule has 2 aromatic carbocycles. The van der Waals surface area contributed by atoms with Crippen LogP contribution in [0.25, 0.3) is 16.6 Å². The molecule has 1 saturated carbocycles. The molecule has 0 spiro atoms. The van der Waals surface area contributed by atoms with Crippen LogP contribution in [0, 0.1) is 11.3 Å². The number of halogens is 4. The summed E-state index contributed by atoms with van der Waals surface area (Å²) >= 11 is 6.23. The molecule has 8 rings (SSSR count). The van der Waals surface area contributed by atoms with Gasteiger partial charge in [-0.25, -0.2) is 23.1 Å². The lowest BCUT2D eigenvalue weighted by molar-refractivity contribution is -0.139. The number of hydrogen-bond donors (Lipinski definition) is 2. The second-order valence-electron chi connectivity index (χ2n) is 17.7. The number of sulfonamides is 1. The summed E-state index contributed by atoms with van der Waals surface area (Å²) in [7, 11) is -3.24. The number of benzene rings is 2. The van der Waals surface area contributed by atoms with Crippen molar-refractivity contribution in [1.82, 2.24) is 24.6 Å². The molecule has 0 radical (unpaired) electrons. The summed E-state index contributed by atoms with van der Waals surface area (Å²) in [5.74, 6) is -1.53. The van der Waals surface area contributed by atoms with Gasteiger partial charge in [0.25, 0.3) is 15.9 Å². The first-order valence-corrected chi connectivity index (χ1v) is 23.4. The standard InChI is InChI=1S/C47H52ClF3N6O6S/c1-46(2)16-14-33(40(25-46)31-6-8-34(48)9-7-31)28-56-18-20-57(21-19-56)35-10-13-39(42(23-35)63-37-22-32-15-17-52-43(32)53-26-37)44(58)55-64(59,60)38-24-41(47(49,50)51)45(54-27-38)62-29-30-4-11-36(61-3)12-5-30/h6-10,13,15,17,22-24,26-27,30,36H,4-5,11-12,14,16,18-21,25,28-29H2,1-3H3,(H,52,53)(H,55,58)/t30-,36-. The van der Waals surface area contributed by atoms with Gasteiger partial charge in [0.05, 0.1) is 30.7 Å². The van der Waals surface area contributed by atoms with Crippen molar-refractivity contribution in [1.29, 1.82) is 0 Å². The van der Waals surface area contributed by atoms with Crippen LogP contribution in [0.4, 0.5) is 18.9 Å². The lowest BCUT2D eigenvalue weighted by atomic mass is 9.72. The number of piperazine rings is 1. The number of pyridine rings is 2. The number of carbonyl (C=O) groups excluding carboxylic acids is 1. The topological polar surface area (TPSA) is 139 Å². The van der Waals surface area contributed by atoms with Crippen LogP contribution in [-0.4, -0.2) is 86.7 Å². The Morgan fingerprint density at radius 3 is 2.44 bits per heavy atom. The van der Waals surface area contributed by atoms with Crippen molar-refractivity contribution in [2.75, 3.05) is 51.3 Å². The fraction of sp³-hybridized carbons (Fsp3) is 0.426. The molecule has 12 nitrogen and oxygen atoms in total. The summed E-state index contributed by atoms with van der Waals surface area (Å²) < 4.78 is 89.3. The van der Waals surface area contributed by atoms with Crippen LogP contribution in [0.3, 0.4) is 0 Å². The normalized spacial score (nSPS) is 19.8. The molecule has 1 amide bonds. The number of fused-ring (bicyclic) bond motifs is 1. The van der Waals surface area contributed by atoms with Gasteiger partial charge in [-0.1, -0.05) is 43.2 Å². The van der Waals surface area contributed by atoms with Crippen molar-refractivity contribution in [3.63, 3.8) is 0 Å². The van der Waals surface area contributed by atoms with Crippen molar-refractivity contribution in [2.24, 2.45) is 11.3 Å². The average molecular weight is 921 g/mol. The van der Waals surface area contributed by atoms with Crippen molar-refractivity contribution < 1.29 is 40.6 Å². The maximum atomic E-state index is 14.3. The summed E-state index contributed by atoms with van der Waals surface area (Å²) in [4.78, 5) is 28.8. The van der Waals surface area contributed by atoms with Crippen molar-refractivity contribution in [3.8, 4) is 17.4 Å². The number of nitrogens with one attached hydrogen (secondary N) is 2. The zero-order chi connectivity index (χ0) is 45.2. The molecule has 1 saturated heterocycles. The second-order valence-corrected chi connectivity index (χ2v) is 19.8. The van der Waals surface area contributed by atoms with Crippen molar-refractivity contribution in [3.05, 3.63) is 107 Å². The molecule has 3 aliphatic rings. The zero-order valence-corrected chi connectivity index (χ0v) is 37.6. The van der Waals surface area contributed by atoms with Crippen molar-refractivity contribution in [2.45, 2.75) is 76.0 Å². The first-order valence-electron chi connectivity index (χ1n) is 21.5. The molecule has 3 aromatic heterocycles. The minimum Gasteiger partial charge on any atom is -0.477 e. The number of methoxy groups -OCH3 is 1. The molecule has 0 atom stereocenters. The highest BCUT2D eigenvalue weighted by Gasteiger charge is 2.38. The lowest BCUT2D eigenvalue weighted by Gasteiger charge is -2.39. The number of aromatic nitrogens is 3. The Balaban J connectivity index is 1.000. The van der Waals surface area contributed by atoms with Crippen LogP contribution in [-0.2, 0) is 20.9 Å². The molecule has 2 aliphatic carbocycles. The first kappa shape index (κ1) is 45.4. The van der Waals surface area contributed by atoms with Gasteiger partial charge in [-0.2, -0.15) is 13.2 Å². The SMILES string of the molecule is CO[C@H]1CC[C@H](COc2ncc(S(=O)(=O)NC(=O)c3ccc(N4CCN(CC5=C(c6ccc(Cl)cc6)CC(C)(C)CC5)CC4)cc3Oc3cnc4[nH]ccc4c3)cc2C(F)(F)F)CC1. The molecular weight excluding hydrogens is 869 g/mol. The van der Waals surface area contributed by atoms with Gasteiger partial charge in [-0.3, -0.25) is 9.69 Å². The number of allylic oxidation sites excluding steroid dienone is 1. The third-order valence-corrected chi connectivity index (χ3v) is 14.1. The monoisotopic (exact) mass is 920 g/mol. The largest absolute Gasteiger partial charge is 0.477 e. The maximum absolute atomic E-state index is 14.3. The summed E-state index contributed by atoms with van der Waals surface area (Å²) in [6.45, 7) is 8.37. The molecule has 4 heterocycles. The summed E-state index contributed by atoms with van der Waals surface area (Å²) in [6, 6.07) is 16.9. The van der Waals surface area contributed by atoms with E-state index >= 15 is 0 Å². The van der Waals surface area contributed by atoms with E-state index in [-0.39, 0.29) is 41.1 Å². The Morgan fingerprint density at radius 1 is 0.969 bits per heavy atom. The van der Waals surface area contributed by atoms with Gasteiger partial charge in [-0.15, -0.1) is 0 Å². The summed E-state index contributed by atoms with van der Waals surface area (Å²) in [6.07, 6.45) is 5.13.